The van der Waals surface area contributed by atoms with Gasteiger partial charge in [-0.05, 0) is 31.2 Å². The molecule has 17 heavy (non-hydrogen) atoms. The average Bonchev–Trinajstić information content (AvgIpc) is 2.66. The number of nitrogens with zero attached hydrogens (tertiary/aromatic N) is 2. The van der Waals surface area contributed by atoms with E-state index in [1.54, 1.807) is 0 Å². The summed E-state index contributed by atoms with van der Waals surface area (Å²) < 4.78 is 0. The minimum Gasteiger partial charge on any atom is -0.365 e. The molecule has 2 atom stereocenters. The molecule has 0 radical (unpaired) electrons. The van der Waals surface area contributed by atoms with Crippen molar-refractivity contribution in [1.29, 1.82) is 0 Å². The van der Waals surface area contributed by atoms with Crippen molar-refractivity contribution < 1.29 is 4.79 Å². The van der Waals surface area contributed by atoms with Crippen molar-refractivity contribution in [2.24, 2.45) is 11.7 Å². The summed E-state index contributed by atoms with van der Waals surface area (Å²) in [6.45, 7) is 2.21. The lowest BCUT2D eigenvalue weighted by Crippen LogP contribution is -2.21. The third kappa shape index (κ3) is 2.85. The van der Waals surface area contributed by atoms with Gasteiger partial charge in [-0.2, -0.15) is 0 Å². The molecule has 1 aromatic rings. The number of hydrogen-bond acceptors (Lipinski definition) is 4. The van der Waals surface area contributed by atoms with Crippen molar-refractivity contribution in [3.63, 3.8) is 0 Å². The molecule has 6 heteroatoms. The van der Waals surface area contributed by atoms with Gasteiger partial charge in [-0.3, -0.25) is 4.79 Å². The largest absolute Gasteiger partial charge is 0.365 e. The number of primary amides is 1. The Labute approximate surface area is 105 Å². The maximum absolute atomic E-state index is 11.3. The molecule has 0 aromatic carbocycles. The SMILES string of the molecule is CC1CCC(Nc2nnc(Cl)cc2C(N)=O)C1. The molecular weight excluding hydrogens is 240 g/mol. The van der Waals surface area contributed by atoms with Crippen LogP contribution >= 0.6 is 11.6 Å². The van der Waals surface area contributed by atoms with Crippen molar-refractivity contribution in [2.45, 2.75) is 32.2 Å². The minimum atomic E-state index is -0.546. The molecule has 0 spiro atoms. The van der Waals surface area contributed by atoms with E-state index in [4.69, 9.17) is 17.3 Å². The first-order valence-corrected chi connectivity index (χ1v) is 6.03. The molecule has 1 fully saturated rings. The van der Waals surface area contributed by atoms with E-state index in [0.717, 1.165) is 12.8 Å². The van der Waals surface area contributed by atoms with Crippen molar-refractivity contribution in [3.05, 3.63) is 16.8 Å². The molecule has 0 bridgehead atoms. The van der Waals surface area contributed by atoms with Crippen LogP contribution in [-0.2, 0) is 0 Å². The molecule has 0 saturated heterocycles. The molecule has 1 saturated carbocycles. The van der Waals surface area contributed by atoms with Crippen molar-refractivity contribution in [3.8, 4) is 0 Å². The Hall–Kier alpha value is -1.36. The van der Waals surface area contributed by atoms with Gasteiger partial charge < -0.3 is 11.1 Å². The molecular formula is C11H15ClN4O. The quantitative estimate of drug-likeness (QED) is 0.862. The number of anilines is 1. The molecule has 1 aromatic heterocycles. The van der Waals surface area contributed by atoms with Gasteiger partial charge in [0.1, 0.15) is 0 Å². The highest BCUT2D eigenvalue weighted by Crippen LogP contribution is 2.28. The van der Waals surface area contributed by atoms with Gasteiger partial charge in [0.2, 0.25) is 0 Å². The number of nitrogens with two attached hydrogens (primary N) is 1. The smallest absolute Gasteiger partial charge is 0.252 e. The lowest BCUT2D eigenvalue weighted by molar-refractivity contribution is 0.100. The number of halogens is 1. The zero-order valence-electron chi connectivity index (χ0n) is 9.61. The van der Waals surface area contributed by atoms with Crippen LogP contribution in [0.15, 0.2) is 6.07 Å². The fourth-order valence-corrected chi connectivity index (χ4v) is 2.34. The molecule has 1 amide bonds. The summed E-state index contributed by atoms with van der Waals surface area (Å²) in [4.78, 5) is 11.3. The second-order valence-corrected chi connectivity index (χ2v) is 4.94. The molecule has 1 aliphatic rings. The van der Waals surface area contributed by atoms with Gasteiger partial charge in [0.15, 0.2) is 11.0 Å². The summed E-state index contributed by atoms with van der Waals surface area (Å²) in [5.74, 6) is 0.584. The van der Waals surface area contributed by atoms with Gasteiger partial charge in [0.25, 0.3) is 5.91 Å². The number of rotatable bonds is 3. The van der Waals surface area contributed by atoms with Crippen LogP contribution in [0.5, 0.6) is 0 Å². The second-order valence-electron chi connectivity index (χ2n) is 4.55. The Bertz CT molecular complexity index is 437. The van der Waals surface area contributed by atoms with E-state index < -0.39 is 5.91 Å². The van der Waals surface area contributed by atoms with Crippen LogP contribution in [0.2, 0.25) is 5.15 Å². The van der Waals surface area contributed by atoms with Gasteiger partial charge in [0, 0.05) is 6.04 Å². The standard InChI is InChI=1S/C11H15ClN4O/c1-6-2-3-7(4-6)14-11-8(10(13)17)5-9(12)15-16-11/h5-7H,2-4H2,1H3,(H2,13,17)(H,14,16). The molecule has 2 unspecified atom stereocenters. The zero-order valence-corrected chi connectivity index (χ0v) is 10.4. The van der Waals surface area contributed by atoms with Crippen LogP contribution < -0.4 is 11.1 Å². The van der Waals surface area contributed by atoms with Gasteiger partial charge in [-0.25, -0.2) is 0 Å². The van der Waals surface area contributed by atoms with Crippen LogP contribution in [0.4, 0.5) is 5.82 Å². The number of carbonyl (C=O) groups is 1. The van der Waals surface area contributed by atoms with Crippen LogP contribution in [0.25, 0.3) is 0 Å². The molecule has 0 aliphatic heterocycles. The van der Waals surface area contributed by atoms with Gasteiger partial charge >= 0.3 is 0 Å². The highest BCUT2D eigenvalue weighted by atomic mass is 35.5. The van der Waals surface area contributed by atoms with Crippen molar-refractivity contribution in [2.75, 3.05) is 5.32 Å². The number of aromatic nitrogens is 2. The first-order valence-electron chi connectivity index (χ1n) is 5.66. The predicted molar refractivity (Wildman–Crippen MR) is 66.0 cm³/mol. The third-order valence-corrected chi connectivity index (χ3v) is 3.25. The first-order chi connectivity index (χ1) is 8.06. The highest BCUT2D eigenvalue weighted by Gasteiger charge is 2.23. The summed E-state index contributed by atoms with van der Waals surface area (Å²) in [6.07, 6.45) is 3.33. The van der Waals surface area contributed by atoms with E-state index in [-0.39, 0.29) is 5.15 Å². The Kier molecular flexibility index (Phi) is 3.47. The fraction of sp³-hybridized carbons (Fsp3) is 0.545. The molecule has 3 N–H and O–H groups in total. The topological polar surface area (TPSA) is 80.9 Å². The summed E-state index contributed by atoms with van der Waals surface area (Å²) in [7, 11) is 0. The molecule has 92 valence electrons. The van der Waals surface area contributed by atoms with Crippen LogP contribution in [-0.4, -0.2) is 22.1 Å². The van der Waals surface area contributed by atoms with Gasteiger partial charge in [0.05, 0.1) is 5.56 Å². The number of hydrogen-bond donors (Lipinski definition) is 2. The molecule has 5 nitrogen and oxygen atoms in total. The first kappa shape index (κ1) is 12.1. The van der Waals surface area contributed by atoms with Crippen molar-refractivity contribution >= 4 is 23.3 Å². The lowest BCUT2D eigenvalue weighted by Gasteiger charge is -2.14. The van der Waals surface area contributed by atoms with Crippen LogP contribution in [0.1, 0.15) is 36.5 Å². The van der Waals surface area contributed by atoms with Crippen LogP contribution in [0, 0.1) is 5.92 Å². The van der Waals surface area contributed by atoms with E-state index in [0.29, 0.717) is 23.3 Å². The van der Waals surface area contributed by atoms with E-state index in [9.17, 15) is 4.79 Å². The maximum Gasteiger partial charge on any atom is 0.252 e. The summed E-state index contributed by atoms with van der Waals surface area (Å²) >= 11 is 5.69. The fourth-order valence-electron chi connectivity index (χ4n) is 2.19. The second kappa shape index (κ2) is 4.87. The van der Waals surface area contributed by atoms with Crippen molar-refractivity contribution in [1.82, 2.24) is 10.2 Å². The average molecular weight is 255 g/mol. The number of amides is 1. The minimum absolute atomic E-state index is 0.170. The molecule has 1 heterocycles. The van der Waals surface area contributed by atoms with E-state index in [1.807, 2.05) is 0 Å². The molecule has 2 rings (SSSR count). The van der Waals surface area contributed by atoms with E-state index in [1.165, 1.54) is 12.5 Å². The summed E-state index contributed by atoms with van der Waals surface area (Å²) in [5, 5.41) is 11.0. The molecule has 1 aliphatic carbocycles. The van der Waals surface area contributed by atoms with E-state index >= 15 is 0 Å². The maximum atomic E-state index is 11.3. The Morgan fingerprint density at radius 3 is 2.88 bits per heavy atom. The normalized spacial score (nSPS) is 23.6. The Balaban J connectivity index is 2.17. The van der Waals surface area contributed by atoms with Gasteiger partial charge in [-0.15, -0.1) is 10.2 Å². The third-order valence-electron chi connectivity index (χ3n) is 3.07. The van der Waals surface area contributed by atoms with Crippen LogP contribution in [0.3, 0.4) is 0 Å². The highest BCUT2D eigenvalue weighted by molar-refractivity contribution is 6.29. The summed E-state index contributed by atoms with van der Waals surface area (Å²) in [5.41, 5.74) is 5.58. The van der Waals surface area contributed by atoms with E-state index in [2.05, 4.69) is 22.4 Å². The number of carbonyl (C=O) groups excluding carboxylic acids is 1. The summed E-state index contributed by atoms with van der Waals surface area (Å²) in [6, 6.07) is 1.77. The Morgan fingerprint density at radius 2 is 2.29 bits per heavy atom. The monoisotopic (exact) mass is 254 g/mol. The lowest BCUT2D eigenvalue weighted by atomic mass is 10.1. The van der Waals surface area contributed by atoms with Gasteiger partial charge in [-0.1, -0.05) is 18.5 Å². The number of nitrogens with one attached hydrogen (secondary N) is 1. The Morgan fingerprint density at radius 1 is 1.53 bits per heavy atom. The predicted octanol–water partition coefficient (Wildman–Crippen LogP) is 1.83. The zero-order chi connectivity index (χ0) is 12.4.